The second-order valence-electron chi connectivity index (χ2n) is 8.66. The molecule has 0 aliphatic heterocycles. The van der Waals surface area contributed by atoms with Crippen LogP contribution in [-0.2, 0) is 11.8 Å². The minimum Gasteiger partial charge on any atom is -0.459 e. The summed E-state index contributed by atoms with van der Waals surface area (Å²) in [5.41, 5.74) is 2.12. The zero-order valence-electron chi connectivity index (χ0n) is 16.7. The van der Waals surface area contributed by atoms with Gasteiger partial charge >= 0.3 is 5.97 Å². The van der Waals surface area contributed by atoms with E-state index >= 15 is 0 Å². The van der Waals surface area contributed by atoms with Crippen LogP contribution in [0.3, 0.4) is 0 Å². The lowest BCUT2D eigenvalue weighted by Gasteiger charge is -2.38. The van der Waals surface area contributed by atoms with Crippen molar-refractivity contribution in [2.24, 2.45) is 18.9 Å². The van der Waals surface area contributed by atoms with E-state index in [0.29, 0.717) is 17.4 Å². The summed E-state index contributed by atoms with van der Waals surface area (Å²) in [7, 11) is 1.72. The van der Waals surface area contributed by atoms with Gasteiger partial charge in [0.1, 0.15) is 6.10 Å². The van der Waals surface area contributed by atoms with E-state index in [4.69, 9.17) is 4.74 Å². The maximum Gasteiger partial charge on any atom is 0.340 e. The number of aryl methyl sites for hydroxylation is 1. The highest BCUT2D eigenvalue weighted by Crippen LogP contribution is 2.41. The molecule has 0 amide bonds. The van der Waals surface area contributed by atoms with E-state index in [0.717, 1.165) is 29.4 Å². The highest BCUT2D eigenvalue weighted by molar-refractivity contribution is 6.05. The maximum atomic E-state index is 13.1. The Morgan fingerprint density at radius 2 is 1.83 bits per heavy atom. The number of esters is 1. The molecule has 2 aromatic heterocycles. The third-order valence-corrected chi connectivity index (χ3v) is 6.66. The molecule has 0 spiro atoms. The SMILES string of the molecule is Cn1ccc(-n2cc(C(=O)OC3CC4CCCC(C4)C3)c3ccccc32)cc1=O. The molecule has 5 nitrogen and oxygen atoms in total. The number of rotatable bonds is 3. The Morgan fingerprint density at radius 3 is 2.59 bits per heavy atom. The van der Waals surface area contributed by atoms with Crippen molar-refractivity contribution in [2.45, 2.75) is 44.6 Å². The van der Waals surface area contributed by atoms with Crippen LogP contribution in [0, 0.1) is 11.8 Å². The van der Waals surface area contributed by atoms with Gasteiger partial charge in [0, 0.05) is 30.9 Å². The van der Waals surface area contributed by atoms with Gasteiger partial charge in [-0.2, -0.15) is 0 Å². The van der Waals surface area contributed by atoms with Crippen LogP contribution in [0.1, 0.15) is 48.9 Å². The van der Waals surface area contributed by atoms with Crippen LogP contribution >= 0.6 is 0 Å². The molecule has 0 saturated heterocycles. The number of aromatic nitrogens is 2. The van der Waals surface area contributed by atoms with Crippen LogP contribution in [0.2, 0.25) is 0 Å². The fourth-order valence-corrected chi connectivity index (χ4v) is 5.23. The molecule has 2 aliphatic carbocycles. The van der Waals surface area contributed by atoms with Crippen molar-refractivity contribution in [1.82, 2.24) is 9.13 Å². The van der Waals surface area contributed by atoms with Gasteiger partial charge < -0.3 is 13.9 Å². The van der Waals surface area contributed by atoms with E-state index in [1.165, 1.54) is 30.3 Å². The number of nitrogens with zero attached hydrogens (tertiary/aromatic N) is 2. The Hall–Kier alpha value is -2.82. The molecule has 2 unspecified atom stereocenters. The van der Waals surface area contributed by atoms with Crippen LogP contribution in [0.15, 0.2) is 53.6 Å². The molecule has 2 heterocycles. The fourth-order valence-electron chi connectivity index (χ4n) is 5.23. The third-order valence-electron chi connectivity index (χ3n) is 6.66. The van der Waals surface area contributed by atoms with Crippen molar-refractivity contribution in [3.05, 3.63) is 64.7 Å². The monoisotopic (exact) mass is 390 g/mol. The Kier molecular flexibility index (Phi) is 4.53. The molecule has 2 atom stereocenters. The van der Waals surface area contributed by atoms with E-state index in [9.17, 15) is 9.59 Å². The summed E-state index contributed by atoms with van der Waals surface area (Å²) in [5, 5.41) is 0.856. The first-order valence-corrected chi connectivity index (χ1v) is 10.6. The molecule has 5 heteroatoms. The standard InChI is InChI=1S/C24H26N2O3/c1-25-10-9-18(14-23(25)27)26-15-21(20-7-2-3-8-22(20)26)24(28)29-19-12-16-5-4-6-17(11-16)13-19/h2-3,7-10,14-17,19H,4-6,11-13H2,1H3. The molecule has 2 bridgehead atoms. The van der Waals surface area contributed by atoms with Crippen molar-refractivity contribution in [2.75, 3.05) is 0 Å². The number of benzene rings is 1. The first-order chi connectivity index (χ1) is 14.1. The number of fused-ring (bicyclic) bond motifs is 3. The highest BCUT2D eigenvalue weighted by Gasteiger charge is 2.34. The lowest BCUT2D eigenvalue weighted by molar-refractivity contribution is -0.00357. The summed E-state index contributed by atoms with van der Waals surface area (Å²) < 4.78 is 9.43. The topological polar surface area (TPSA) is 53.2 Å². The number of pyridine rings is 1. The minimum atomic E-state index is -0.256. The van der Waals surface area contributed by atoms with Crippen LogP contribution in [0.5, 0.6) is 0 Å². The molecule has 3 aromatic rings. The molecule has 2 aliphatic rings. The van der Waals surface area contributed by atoms with Crippen molar-refractivity contribution >= 4 is 16.9 Å². The van der Waals surface area contributed by atoms with Gasteiger partial charge in [-0.05, 0) is 43.2 Å². The first kappa shape index (κ1) is 18.2. The van der Waals surface area contributed by atoms with Gasteiger partial charge in [0.2, 0.25) is 0 Å². The Bertz CT molecular complexity index is 1110. The largest absolute Gasteiger partial charge is 0.459 e. The maximum absolute atomic E-state index is 13.1. The van der Waals surface area contributed by atoms with E-state index in [1.807, 2.05) is 41.1 Å². The predicted molar refractivity (Wildman–Crippen MR) is 112 cm³/mol. The molecule has 1 aromatic carbocycles. The average Bonchev–Trinajstić information content (AvgIpc) is 3.10. The Labute approximate surface area is 169 Å². The zero-order chi connectivity index (χ0) is 20.0. The predicted octanol–water partition coefficient (Wildman–Crippen LogP) is 4.45. The molecule has 0 N–H and O–H groups in total. The molecular weight excluding hydrogens is 364 g/mol. The molecule has 29 heavy (non-hydrogen) atoms. The summed E-state index contributed by atoms with van der Waals surface area (Å²) in [5.74, 6) is 1.16. The lowest BCUT2D eigenvalue weighted by Crippen LogP contribution is -2.33. The van der Waals surface area contributed by atoms with Gasteiger partial charge in [0.15, 0.2) is 0 Å². The molecule has 150 valence electrons. The van der Waals surface area contributed by atoms with Gasteiger partial charge in [-0.15, -0.1) is 0 Å². The number of ether oxygens (including phenoxy) is 1. The van der Waals surface area contributed by atoms with Gasteiger partial charge in [-0.25, -0.2) is 4.79 Å². The van der Waals surface area contributed by atoms with Crippen LogP contribution in [0.4, 0.5) is 0 Å². The molecule has 2 fully saturated rings. The van der Waals surface area contributed by atoms with Crippen molar-refractivity contribution in [3.63, 3.8) is 0 Å². The lowest BCUT2D eigenvalue weighted by atomic mass is 9.71. The number of hydrogen-bond donors (Lipinski definition) is 0. The van der Waals surface area contributed by atoms with Gasteiger partial charge in [0.25, 0.3) is 5.56 Å². The van der Waals surface area contributed by atoms with Crippen molar-refractivity contribution in [1.29, 1.82) is 0 Å². The molecule has 2 saturated carbocycles. The summed E-state index contributed by atoms with van der Waals surface area (Å²) in [6.07, 6.45) is 10.7. The molecule has 0 radical (unpaired) electrons. The van der Waals surface area contributed by atoms with E-state index in [-0.39, 0.29) is 17.6 Å². The average molecular weight is 390 g/mol. The summed E-state index contributed by atoms with van der Waals surface area (Å²) in [4.78, 5) is 25.2. The molecular formula is C24H26N2O3. The van der Waals surface area contributed by atoms with Crippen LogP contribution in [-0.4, -0.2) is 21.2 Å². The van der Waals surface area contributed by atoms with Gasteiger partial charge in [-0.1, -0.05) is 37.5 Å². The zero-order valence-corrected chi connectivity index (χ0v) is 16.7. The summed E-state index contributed by atoms with van der Waals surface area (Å²) >= 11 is 0. The first-order valence-electron chi connectivity index (χ1n) is 10.6. The number of hydrogen-bond acceptors (Lipinski definition) is 3. The number of carbonyl (C=O) groups excluding carboxylic acids is 1. The van der Waals surface area contributed by atoms with Gasteiger partial charge in [-0.3, -0.25) is 4.79 Å². The number of carbonyl (C=O) groups is 1. The van der Waals surface area contributed by atoms with E-state index < -0.39 is 0 Å². The minimum absolute atomic E-state index is 0.0256. The van der Waals surface area contributed by atoms with Crippen molar-refractivity contribution in [3.8, 4) is 5.69 Å². The quantitative estimate of drug-likeness (QED) is 0.621. The Morgan fingerprint density at radius 1 is 1.07 bits per heavy atom. The summed E-state index contributed by atoms with van der Waals surface area (Å²) in [6.45, 7) is 0. The van der Waals surface area contributed by atoms with Crippen LogP contribution < -0.4 is 5.56 Å². The smallest absolute Gasteiger partial charge is 0.340 e. The second-order valence-corrected chi connectivity index (χ2v) is 8.66. The van der Waals surface area contributed by atoms with E-state index in [2.05, 4.69) is 0 Å². The summed E-state index contributed by atoms with van der Waals surface area (Å²) in [6, 6.07) is 11.2. The second kappa shape index (κ2) is 7.21. The van der Waals surface area contributed by atoms with Crippen LogP contribution in [0.25, 0.3) is 16.6 Å². The van der Waals surface area contributed by atoms with Gasteiger partial charge in [0.05, 0.1) is 16.8 Å². The third kappa shape index (κ3) is 3.39. The number of para-hydroxylation sites is 1. The van der Waals surface area contributed by atoms with E-state index in [1.54, 1.807) is 19.3 Å². The Balaban J connectivity index is 1.48. The fraction of sp³-hybridized carbons (Fsp3) is 0.417. The molecule has 5 rings (SSSR count). The highest BCUT2D eigenvalue weighted by atomic mass is 16.5. The normalized spacial score (nSPS) is 23.8. The van der Waals surface area contributed by atoms with Crippen molar-refractivity contribution < 1.29 is 9.53 Å².